The number of phenolic OH excluding ortho intramolecular Hbond substituents is 3. The second-order valence-corrected chi connectivity index (χ2v) is 36.3. The van der Waals surface area contributed by atoms with E-state index in [1.807, 2.05) is 140 Å². The average molecular weight is 2550 g/mol. The van der Waals surface area contributed by atoms with Crippen LogP contribution in [0.1, 0.15) is 250 Å². The van der Waals surface area contributed by atoms with E-state index in [2.05, 4.69) is 354 Å². The molecule has 6 aromatic heterocycles. The standard InChI is InChI=1S/C34H24N3O.C32H19N2O2.C32H19N2OS.12C3H8.3Pt/c1-2-37-30-16-9-15-27(33(30)36-34(37)28-14-7-8-17-31(28)38)29-21-24(20-23-11-4-5-12-25(23)29)32-26-13-6-3-10-22(26)18-19-35-32;2*35-28-14-6-5-12-26(28)32-34-31-25(13-7-15-29(31)36-32)27-19-22(18-21-9-2-3-10-23(21)27)30-24-11-4-1-8-20(24)16-17-33-30;12*1-3-2;;;/h3-20,38H,2H2,1H3;2*1-18,35H;12*3H2,1-2H3;;;/q3*-1;;;;;;;;;;;;;;;. The number of thiazole rings is 1. The van der Waals surface area contributed by atoms with Crippen molar-refractivity contribution in [3.05, 3.63) is 346 Å². The number of rotatable bonds is 10. The van der Waals surface area contributed by atoms with Gasteiger partial charge in [0.2, 0.25) is 5.89 Å². The number of hydrogen-bond donors (Lipinski definition) is 3. The molecule has 0 saturated heterocycles. The fourth-order valence-electron chi connectivity index (χ4n) is 15.1. The fraction of sp³-hybridized carbons (Fsp3) is 0.284. The van der Waals surface area contributed by atoms with Crippen LogP contribution in [0.5, 0.6) is 17.2 Å². The van der Waals surface area contributed by atoms with Crippen LogP contribution in [-0.4, -0.2) is 49.8 Å². The molecule has 0 atom stereocenters. The Hall–Kier alpha value is -12.4. The molecule has 0 bridgehead atoms. The first-order valence-electron chi connectivity index (χ1n) is 53.2. The first-order chi connectivity index (χ1) is 71.2. The summed E-state index contributed by atoms with van der Waals surface area (Å²) < 4.78 is 9.31. The molecule has 0 aliphatic carbocycles. The van der Waals surface area contributed by atoms with Crippen LogP contribution in [0.4, 0.5) is 0 Å². The molecule has 0 aliphatic heterocycles. The zero-order valence-electron chi connectivity index (χ0n) is 92.6. The molecule has 0 radical (unpaired) electrons. The molecule has 3 N–H and O–H groups in total. The van der Waals surface area contributed by atoms with Crippen molar-refractivity contribution in [2.75, 3.05) is 0 Å². The van der Waals surface area contributed by atoms with E-state index in [1.54, 1.807) is 41.7 Å². The van der Waals surface area contributed by atoms with Crippen molar-refractivity contribution in [2.45, 2.75) is 257 Å². The number of aromatic hydroxyl groups is 3. The average Bonchev–Trinajstić information content (AvgIpc) is 1.71. The number of oxazole rings is 1. The van der Waals surface area contributed by atoms with Crippen molar-refractivity contribution in [1.82, 2.24) is 34.5 Å². The Balaban J connectivity index is 0.000000396. The molecule has 792 valence electrons. The zero-order chi connectivity index (χ0) is 106. The minimum atomic E-state index is 0. The summed E-state index contributed by atoms with van der Waals surface area (Å²) in [5.41, 5.74) is 17.6. The zero-order valence-corrected chi connectivity index (χ0v) is 100. The number of imidazole rings is 1. The van der Waals surface area contributed by atoms with Crippen LogP contribution < -0.4 is 0 Å². The van der Waals surface area contributed by atoms with Crippen molar-refractivity contribution in [2.24, 2.45) is 0 Å². The van der Waals surface area contributed by atoms with E-state index < -0.39 is 0 Å². The van der Waals surface area contributed by atoms with Crippen LogP contribution in [0, 0.1) is 18.2 Å². The van der Waals surface area contributed by atoms with Crippen molar-refractivity contribution >= 4 is 108 Å². The van der Waals surface area contributed by atoms with E-state index in [0.29, 0.717) is 17.0 Å². The maximum atomic E-state index is 10.6. The Morgan fingerprint density at radius 2 is 0.544 bits per heavy atom. The Bertz CT molecular complexity index is 7110. The molecule has 0 fully saturated rings. The largest absolute Gasteiger partial charge is 0.507 e. The van der Waals surface area contributed by atoms with Gasteiger partial charge in [0.15, 0.2) is 0 Å². The van der Waals surface area contributed by atoms with Crippen molar-refractivity contribution in [3.63, 3.8) is 0 Å². The molecule has 15 heteroatoms. The van der Waals surface area contributed by atoms with Crippen LogP contribution in [0.2, 0.25) is 0 Å². The van der Waals surface area contributed by atoms with Gasteiger partial charge in [-0.3, -0.25) is 15.0 Å². The normalized spacial score (nSPS) is 9.91. The SMILES string of the molecule is CCC.CCC.CCC.CCC.CCC.CCC.CCC.CCC.CCC.CCC.CCC.CCC.CCn1c(-c2ccccc2O)nc2c(-c3[c-]c(-c4nccc5ccccc45)cc4ccccc34)cccc21.Oc1ccccc1-c1nc2c(-c3[c-]c(-c4nccc5ccccc45)cc4ccccc34)cccc2o1.Oc1ccccc1-c1nc2c(-c3[c-]c(-c4nccc5ccccc45)cc4ccccc34)cccc2s1.[Pt].[Pt].[Pt]. The number of aromatic nitrogens is 7. The topological polar surface area (TPSA) is 156 Å². The number of aryl methyl sites for hydroxylation is 1. The van der Waals surface area contributed by atoms with Gasteiger partial charge in [-0.1, -0.05) is 527 Å². The monoisotopic (exact) mass is 2550 g/mol. The Labute approximate surface area is 938 Å². The molecule has 21 aromatic rings. The minimum Gasteiger partial charge on any atom is -0.507 e. The quantitative estimate of drug-likeness (QED) is 0.113. The van der Waals surface area contributed by atoms with Crippen LogP contribution in [-0.2, 0) is 69.7 Å². The number of hydrogen-bond acceptors (Lipinski definition) is 11. The number of fused-ring (bicyclic) bond motifs is 9. The maximum Gasteiger partial charge on any atom is 0.230 e. The van der Waals surface area contributed by atoms with E-state index in [1.165, 1.54) is 77.0 Å². The predicted octanol–water partition coefficient (Wildman–Crippen LogP) is 41.8. The summed E-state index contributed by atoms with van der Waals surface area (Å²) in [5.74, 6) is 1.72. The third kappa shape index (κ3) is 35.6. The molecule has 0 spiro atoms. The summed E-state index contributed by atoms with van der Waals surface area (Å²) in [6.45, 7) is 53.8. The second-order valence-electron chi connectivity index (χ2n) is 35.3. The molecular weight excluding hydrogens is 2390 g/mol. The minimum absolute atomic E-state index is 0. The molecule has 149 heavy (non-hydrogen) atoms. The maximum absolute atomic E-state index is 10.6. The van der Waals surface area contributed by atoms with Gasteiger partial charge in [0.05, 0.1) is 38.8 Å². The summed E-state index contributed by atoms with van der Waals surface area (Å²) in [4.78, 5) is 29.2. The van der Waals surface area contributed by atoms with Gasteiger partial charge in [-0.2, -0.15) is 0 Å². The number of nitrogens with zero attached hydrogens (tertiary/aromatic N) is 7. The molecule has 0 saturated carbocycles. The van der Waals surface area contributed by atoms with E-state index in [0.717, 1.165) is 187 Å². The van der Waals surface area contributed by atoms with E-state index >= 15 is 0 Å². The third-order valence-corrected chi connectivity index (χ3v) is 21.4. The van der Waals surface area contributed by atoms with Gasteiger partial charge in [-0.15, -0.1) is 64.4 Å². The predicted molar refractivity (Wildman–Crippen MR) is 639 cm³/mol. The molecule has 15 aromatic carbocycles. The van der Waals surface area contributed by atoms with Gasteiger partial charge < -0.3 is 24.3 Å². The summed E-state index contributed by atoms with van der Waals surface area (Å²) in [5, 5.41) is 45.6. The smallest absolute Gasteiger partial charge is 0.230 e. The van der Waals surface area contributed by atoms with Crippen molar-refractivity contribution in [3.8, 4) is 118 Å². The van der Waals surface area contributed by atoms with Crippen molar-refractivity contribution < 1.29 is 82.9 Å². The van der Waals surface area contributed by atoms with Gasteiger partial charge in [0.1, 0.15) is 33.7 Å². The van der Waals surface area contributed by atoms with Crippen LogP contribution >= 0.6 is 11.3 Å². The molecule has 0 unspecified atom stereocenters. The Morgan fingerprint density at radius 3 is 0.893 bits per heavy atom. The number of para-hydroxylation sites is 6. The van der Waals surface area contributed by atoms with Crippen molar-refractivity contribution in [1.29, 1.82) is 0 Å². The van der Waals surface area contributed by atoms with Gasteiger partial charge in [0, 0.05) is 110 Å². The first kappa shape index (κ1) is 129. The summed E-state index contributed by atoms with van der Waals surface area (Å²) in [6, 6.07) is 114. The molecule has 6 heterocycles. The first-order valence-corrected chi connectivity index (χ1v) is 54.1. The van der Waals surface area contributed by atoms with Gasteiger partial charge in [0.25, 0.3) is 0 Å². The number of benzene rings is 15. The second kappa shape index (κ2) is 71.3. The molecule has 11 nitrogen and oxygen atoms in total. The summed E-state index contributed by atoms with van der Waals surface area (Å²) >= 11 is 1.58. The summed E-state index contributed by atoms with van der Waals surface area (Å²) in [7, 11) is 0. The van der Waals surface area contributed by atoms with Gasteiger partial charge in [-0.05, 0) is 112 Å². The van der Waals surface area contributed by atoms with Gasteiger partial charge >= 0.3 is 0 Å². The van der Waals surface area contributed by atoms with E-state index in [9.17, 15) is 15.3 Å². The van der Waals surface area contributed by atoms with Crippen LogP contribution in [0.3, 0.4) is 0 Å². The Kier molecular flexibility index (Phi) is 61.7. The van der Waals surface area contributed by atoms with E-state index in [-0.39, 0.29) is 80.4 Å². The Morgan fingerprint density at radius 1 is 0.262 bits per heavy atom. The van der Waals surface area contributed by atoms with Crippen LogP contribution in [0.15, 0.2) is 332 Å². The van der Waals surface area contributed by atoms with Gasteiger partial charge in [-0.25, -0.2) is 15.0 Å². The number of phenols is 3. The third-order valence-electron chi connectivity index (χ3n) is 20.3. The number of pyridine rings is 3. The van der Waals surface area contributed by atoms with E-state index in [4.69, 9.17) is 34.3 Å². The fourth-order valence-corrected chi connectivity index (χ4v) is 16.2. The van der Waals surface area contributed by atoms with Crippen LogP contribution in [0.25, 0.3) is 198 Å². The molecular formula is C134H158N7O4Pt3S-3. The summed E-state index contributed by atoms with van der Waals surface area (Å²) in [6.07, 6.45) is 20.6. The molecule has 21 rings (SSSR count). The molecule has 0 aliphatic rings. The molecule has 0 amide bonds.